The first-order valence-corrected chi connectivity index (χ1v) is 12.3. The molecule has 35 heavy (non-hydrogen) atoms. The van der Waals surface area contributed by atoms with Crippen molar-refractivity contribution >= 4 is 34.6 Å². The predicted octanol–water partition coefficient (Wildman–Crippen LogP) is 2.57. The second-order valence-electron chi connectivity index (χ2n) is 10.0. The molecular formula is C25H30N8O2. The van der Waals surface area contributed by atoms with Crippen LogP contribution in [0.2, 0.25) is 0 Å². The van der Waals surface area contributed by atoms with Crippen molar-refractivity contribution in [3.63, 3.8) is 0 Å². The number of anilines is 2. The molecule has 0 aromatic carbocycles. The molecule has 0 radical (unpaired) electrons. The number of fused-ring (bicyclic) bond motifs is 3. The number of carbonyl (C=O) groups excluding carboxylic acids is 2. The van der Waals surface area contributed by atoms with E-state index >= 15 is 0 Å². The molecule has 0 unspecified atom stereocenters. The quantitative estimate of drug-likeness (QED) is 0.585. The molecule has 2 saturated heterocycles. The minimum Gasteiger partial charge on any atom is -0.343 e. The zero-order chi connectivity index (χ0) is 24.1. The molecule has 3 fully saturated rings. The van der Waals surface area contributed by atoms with Crippen LogP contribution in [0.15, 0.2) is 30.6 Å². The van der Waals surface area contributed by atoms with Crippen LogP contribution in [0, 0.1) is 0 Å². The third-order valence-electron chi connectivity index (χ3n) is 7.46. The van der Waals surface area contributed by atoms with E-state index in [1.807, 2.05) is 11.0 Å². The van der Waals surface area contributed by atoms with Gasteiger partial charge in [0.25, 0.3) is 11.8 Å². The first kappa shape index (κ1) is 22.0. The van der Waals surface area contributed by atoms with Gasteiger partial charge < -0.3 is 25.0 Å². The van der Waals surface area contributed by atoms with Gasteiger partial charge in [0, 0.05) is 63.1 Å². The van der Waals surface area contributed by atoms with Gasteiger partial charge in [-0.25, -0.2) is 9.97 Å². The number of pyridine rings is 1. The summed E-state index contributed by atoms with van der Waals surface area (Å²) in [5.41, 5.74) is 1.99. The van der Waals surface area contributed by atoms with Crippen LogP contribution in [-0.2, 0) is 0 Å². The summed E-state index contributed by atoms with van der Waals surface area (Å²) < 4.78 is 2.09. The Bertz CT molecular complexity index is 1280. The minimum atomic E-state index is -0.0339. The topological polar surface area (TPSA) is 108 Å². The maximum atomic E-state index is 12.9. The third kappa shape index (κ3) is 3.91. The minimum absolute atomic E-state index is 0.0307. The first-order valence-electron chi connectivity index (χ1n) is 12.3. The largest absolute Gasteiger partial charge is 0.343 e. The molecule has 0 spiro atoms. The van der Waals surface area contributed by atoms with Gasteiger partial charge in [0.1, 0.15) is 17.2 Å². The summed E-state index contributed by atoms with van der Waals surface area (Å²) in [6, 6.07) is 6.43. The molecule has 2 amide bonds. The lowest BCUT2D eigenvalue weighted by atomic mass is 10.2. The number of hydrogen-bond donors (Lipinski definition) is 2. The van der Waals surface area contributed by atoms with E-state index in [1.54, 1.807) is 43.5 Å². The summed E-state index contributed by atoms with van der Waals surface area (Å²) in [6.45, 7) is 1.63. The molecule has 2 N–H and O–H groups in total. The van der Waals surface area contributed by atoms with Crippen LogP contribution in [0.3, 0.4) is 0 Å². The van der Waals surface area contributed by atoms with Gasteiger partial charge in [0.05, 0.1) is 5.56 Å². The van der Waals surface area contributed by atoms with Crippen molar-refractivity contribution < 1.29 is 9.59 Å². The predicted molar refractivity (Wildman–Crippen MR) is 132 cm³/mol. The Labute approximate surface area is 203 Å². The standard InChI is InChI=1S/C25H30N8O2/c1-31(2)24(35)20-9-16-12-28-25(30-22(16)33(20)18-5-3-4-6-18)29-21-8-7-15(11-27-21)23(34)32-14-17-10-19(32)13-26-17/h7-9,11-12,17-19,26H,3-6,10,13-14H2,1-2H3,(H,27,28,29,30)/t17-,19+/m1/s1. The number of hydrogen-bond acceptors (Lipinski definition) is 7. The van der Waals surface area contributed by atoms with Gasteiger partial charge in [-0.15, -0.1) is 0 Å². The fraction of sp³-hybridized carbons (Fsp3) is 0.480. The number of aromatic nitrogens is 4. The monoisotopic (exact) mass is 474 g/mol. The number of carbonyl (C=O) groups is 2. The highest BCUT2D eigenvalue weighted by Crippen LogP contribution is 2.35. The normalized spacial score (nSPS) is 21.7. The Hall–Kier alpha value is -3.53. The molecule has 3 aromatic heterocycles. The van der Waals surface area contributed by atoms with Gasteiger partial charge in [-0.1, -0.05) is 12.8 Å². The molecule has 1 saturated carbocycles. The Morgan fingerprint density at radius 2 is 1.94 bits per heavy atom. The molecule has 6 rings (SSSR count). The van der Waals surface area contributed by atoms with E-state index < -0.39 is 0 Å². The van der Waals surface area contributed by atoms with Crippen LogP contribution >= 0.6 is 0 Å². The van der Waals surface area contributed by atoms with Crippen molar-refractivity contribution in [2.75, 3.05) is 32.5 Å². The van der Waals surface area contributed by atoms with Gasteiger partial charge in [0.15, 0.2) is 0 Å². The smallest absolute Gasteiger partial charge is 0.270 e. The summed E-state index contributed by atoms with van der Waals surface area (Å²) in [5.74, 6) is 0.971. The summed E-state index contributed by atoms with van der Waals surface area (Å²) in [5, 5.41) is 7.42. The number of piperazine rings is 1. The molecule has 2 bridgehead atoms. The summed E-state index contributed by atoms with van der Waals surface area (Å²) in [4.78, 5) is 43.0. The van der Waals surface area contributed by atoms with Gasteiger partial charge in [-0.05, 0) is 37.5 Å². The maximum absolute atomic E-state index is 12.9. The third-order valence-corrected chi connectivity index (χ3v) is 7.46. The van der Waals surface area contributed by atoms with Crippen molar-refractivity contribution in [2.24, 2.45) is 0 Å². The van der Waals surface area contributed by atoms with Crippen molar-refractivity contribution in [1.82, 2.24) is 34.6 Å². The molecule has 2 atom stereocenters. The molecule has 1 aliphatic carbocycles. The zero-order valence-electron chi connectivity index (χ0n) is 20.1. The van der Waals surface area contributed by atoms with E-state index in [9.17, 15) is 9.59 Å². The van der Waals surface area contributed by atoms with Gasteiger partial charge in [0.2, 0.25) is 5.95 Å². The molecule has 2 aliphatic heterocycles. The van der Waals surface area contributed by atoms with E-state index in [2.05, 4.69) is 25.2 Å². The van der Waals surface area contributed by atoms with Crippen molar-refractivity contribution in [3.05, 3.63) is 41.9 Å². The van der Waals surface area contributed by atoms with Crippen LogP contribution in [0.25, 0.3) is 11.0 Å². The molecule has 182 valence electrons. The molecule has 5 heterocycles. The fourth-order valence-corrected chi connectivity index (χ4v) is 5.68. The van der Waals surface area contributed by atoms with E-state index in [0.29, 0.717) is 29.1 Å². The lowest BCUT2D eigenvalue weighted by molar-refractivity contribution is 0.0715. The van der Waals surface area contributed by atoms with Gasteiger partial charge in [-0.2, -0.15) is 4.98 Å². The lowest BCUT2D eigenvalue weighted by Crippen LogP contribution is -2.46. The molecule has 3 aliphatic rings. The van der Waals surface area contributed by atoms with Crippen LogP contribution in [0.1, 0.15) is 59.0 Å². The first-order chi connectivity index (χ1) is 17.0. The van der Waals surface area contributed by atoms with Gasteiger partial charge >= 0.3 is 0 Å². The zero-order valence-corrected chi connectivity index (χ0v) is 20.1. The average Bonchev–Trinajstić information content (AvgIpc) is 3.67. The Balaban J connectivity index is 1.25. The van der Waals surface area contributed by atoms with Crippen molar-refractivity contribution in [3.8, 4) is 0 Å². The number of nitrogens with one attached hydrogen (secondary N) is 2. The Kier molecular flexibility index (Phi) is 5.40. The van der Waals surface area contributed by atoms with E-state index in [0.717, 1.165) is 56.2 Å². The number of nitrogens with zero attached hydrogens (tertiary/aromatic N) is 6. The van der Waals surface area contributed by atoms with Crippen LogP contribution in [-0.4, -0.2) is 80.4 Å². The average molecular weight is 475 g/mol. The fourth-order valence-electron chi connectivity index (χ4n) is 5.68. The lowest BCUT2D eigenvalue weighted by Gasteiger charge is -2.27. The Morgan fingerprint density at radius 1 is 1.11 bits per heavy atom. The van der Waals surface area contributed by atoms with Crippen LogP contribution in [0.4, 0.5) is 11.8 Å². The maximum Gasteiger partial charge on any atom is 0.270 e. The summed E-state index contributed by atoms with van der Waals surface area (Å²) >= 11 is 0. The van der Waals surface area contributed by atoms with Gasteiger partial charge in [-0.3, -0.25) is 9.59 Å². The Morgan fingerprint density at radius 3 is 2.60 bits per heavy atom. The summed E-state index contributed by atoms with van der Waals surface area (Å²) in [6.07, 6.45) is 8.77. The molecular weight excluding hydrogens is 444 g/mol. The molecule has 10 heteroatoms. The van der Waals surface area contributed by atoms with E-state index in [4.69, 9.17) is 4.98 Å². The van der Waals surface area contributed by atoms with Crippen molar-refractivity contribution in [1.29, 1.82) is 0 Å². The molecule has 10 nitrogen and oxygen atoms in total. The highest BCUT2D eigenvalue weighted by molar-refractivity contribution is 5.98. The van der Waals surface area contributed by atoms with Crippen LogP contribution in [0.5, 0.6) is 0 Å². The molecule has 3 aromatic rings. The number of likely N-dealkylation sites (tertiary alicyclic amines) is 1. The highest BCUT2D eigenvalue weighted by atomic mass is 16.2. The highest BCUT2D eigenvalue weighted by Gasteiger charge is 2.40. The number of rotatable bonds is 5. The summed E-state index contributed by atoms with van der Waals surface area (Å²) in [7, 11) is 3.53. The van der Waals surface area contributed by atoms with Crippen molar-refractivity contribution in [2.45, 2.75) is 50.2 Å². The van der Waals surface area contributed by atoms with E-state index in [1.165, 1.54) is 0 Å². The van der Waals surface area contributed by atoms with Crippen LogP contribution < -0.4 is 10.6 Å². The van der Waals surface area contributed by atoms with E-state index in [-0.39, 0.29) is 23.9 Å². The number of amides is 2. The second kappa shape index (κ2) is 8.60. The SMILES string of the molecule is CN(C)C(=O)c1cc2cnc(Nc3ccc(C(=O)N4C[C@H]5C[C@H]4CN5)cn3)nc2n1C1CCCC1. The second-order valence-corrected chi connectivity index (χ2v) is 10.0.